The van der Waals surface area contributed by atoms with Gasteiger partial charge >= 0.3 is 0 Å². The van der Waals surface area contributed by atoms with Crippen LogP contribution in [0.3, 0.4) is 0 Å². The highest BCUT2D eigenvalue weighted by atomic mass is 16.5. The van der Waals surface area contributed by atoms with Crippen molar-refractivity contribution in [1.29, 1.82) is 0 Å². The van der Waals surface area contributed by atoms with E-state index in [0.717, 1.165) is 25.3 Å². The van der Waals surface area contributed by atoms with Crippen molar-refractivity contribution in [3.8, 4) is 11.6 Å². The van der Waals surface area contributed by atoms with Gasteiger partial charge in [-0.15, -0.1) is 0 Å². The standard InChI is InChI=1S/C16H20N2O/c1-3-13-5-7-15(8-6-13)19-16-11-14(9-10-18-16)12-17-4-2/h5-11,17H,3-4,12H2,1-2H3. The number of nitrogens with one attached hydrogen (secondary N) is 1. The van der Waals surface area contributed by atoms with E-state index in [1.165, 1.54) is 11.1 Å². The lowest BCUT2D eigenvalue weighted by Gasteiger charge is -2.07. The molecule has 19 heavy (non-hydrogen) atoms. The van der Waals surface area contributed by atoms with Crippen molar-refractivity contribution >= 4 is 0 Å². The first-order chi connectivity index (χ1) is 9.31. The molecule has 0 saturated carbocycles. The molecule has 0 aliphatic rings. The molecule has 0 fully saturated rings. The van der Waals surface area contributed by atoms with Gasteiger partial charge in [0.1, 0.15) is 5.75 Å². The molecule has 1 heterocycles. The number of hydrogen-bond acceptors (Lipinski definition) is 3. The van der Waals surface area contributed by atoms with Gasteiger partial charge in [-0.25, -0.2) is 4.98 Å². The van der Waals surface area contributed by atoms with Crippen molar-refractivity contribution in [2.75, 3.05) is 6.54 Å². The van der Waals surface area contributed by atoms with E-state index in [1.54, 1.807) is 6.20 Å². The van der Waals surface area contributed by atoms with Crippen LogP contribution in [-0.4, -0.2) is 11.5 Å². The molecule has 0 spiro atoms. The van der Waals surface area contributed by atoms with E-state index in [9.17, 15) is 0 Å². The van der Waals surface area contributed by atoms with Gasteiger partial charge in [0.05, 0.1) is 0 Å². The summed E-state index contributed by atoms with van der Waals surface area (Å²) in [6, 6.07) is 12.1. The second-order valence-corrected chi connectivity index (χ2v) is 4.38. The first-order valence-corrected chi connectivity index (χ1v) is 6.74. The lowest BCUT2D eigenvalue weighted by atomic mass is 10.2. The van der Waals surface area contributed by atoms with Crippen molar-refractivity contribution in [1.82, 2.24) is 10.3 Å². The quantitative estimate of drug-likeness (QED) is 0.858. The highest BCUT2D eigenvalue weighted by Gasteiger charge is 2.00. The maximum Gasteiger partial charge on any atom is 0.219 e. The Balaban J connectivity index is 2.05. The maximum absolute atomic E-state index is 5.76. The summed E-state index contributed by atoms with van der Waals surface area (Å²) >= 11 is 0. The van der Waals surface area contributed by atoms with E-state index in [1.807, 2.05) is 24.3 Å². The molecular weight excluding hydrogens is 236 g/mol. The van der Waals surface area contributed by atoms with Gasteiger partial charge in [-0.1, -0.05) is 26.0 Å². The van der Waals surface area contributed by atoms with Crippen LogP contribution in [0.15, 0.2) is 42.6 Å². The molecule has 2 rings (SSSR count). The number of aryl methyl sites for hydroxylation is 1. The minimum atomic E-state index is 0.639. The van der Waals surface area contributed by atoms with Crippen molar-refractivity contribution in [3.05, 3.63) is 53.7 Å². The molecule has 0 atom stereocenters. The van der Waals surface area contributed by atoms with E-state index in [-0.39, 0.29) is 0 Å². The van der Waals surface area contributed by atoms with Crippen LogP contribution in [0.2, 0.25) is 0 Å². The van der Waals surface area contributed by atoms with Crippen LogP contribution in [0.4, 0.5) is 0 Å². The molecule has 3 heteroatoms. The number of ether oxygens (including phenoxy) is 1. The molecule has 2 aromatic rings. The van der Waals surface area contributed by atoms with Gasteiger partial charge in [0, 0.05) is 18.8 Å². The molecule has 0 saturated heterocycles. The van der Waals surface area contributed by atoms with Gasteiger partial charge in [-0.05, 0) is 42.3 Å². The fourth-order valence-corrected chi connectivity index (χ4v) is 1.80. The second kappa shape index (κ2) is 6.90. The Morgan fingerprint density at radius 2 is 1.84 bits per heavy atom. The van der Waals surface area contributed by atoms with Crippen LogP contribution in [0.5, 0.6) is 11.6 Å². The van der Waals surface area contributed by atoms with Gasteiger partial charge < -0.3 is 10.1 Å². The minimum Gasteiger partial charge on any atom is -0.439 e. The van der Waals surface area contributed by atoms with E-state index in [4.69, 9.17) is 4.74 Å². The van der Waals surface area contributed by atoms with Gasteiger partial charge in [-0.2, -0.15) is 0 Å². The lowest BCUT2D eigenvalue weighted by Crippen LogP contribution is -2.11. The predicted molar refractivity (Wildman–Crippen MR) is 77.5 cm³/mol. The van der Waals surface area contributed by atoms with Gasteiger partial charge in [-0.3, -0.25) is 0 Å². The Morgan fingerprint density at radius 3 is 2.53 bits per heavy atom. The average Bonchev–Trinajstić information content (AvgIpc) is 2.46. The van der Waals surface area contributed by atoms with Crippen molar-refractivity contribution in [2.45, 2.75) is 26.8 Å². The smallest absolute Gasteiger partial charge is 0.219 e. The highest BCUT2D eigenvalue weighted by molar-refractivity contribution is 5.31. The zero-order valence-corrected chi connectivity index (χ0v) is 11.5. The number of hydrogen-bond donors (Lipinski definition) is 1. The van der Waals surface area contributed by atoms with Crippen molar-refractivity contribution < 1.29 is 4.74 Å². The zero-order chi connectivity index (χ0) is 13.5. The van der Waals surface area contributed by atoms with Crippen LogP contribution in [0, 0.1) is 0 Å². The topological polar surface area (TPSA) is 34.2 Å². The predicted octanol–water partition coefficient (Wildman–Crippen LogP) is 3.55. The van der Waals surface area contributed by atoms with E-state index >= 15 is 0 Å². The van der Waals surface area contributed by atoms with E-state index in [0.29, 0.717) is 5.88 Å². The van der Waals surface area contributed by atoms with Crippen molar-refractivity contribution in [3.63, 3.8) is 0 Å². The minimum absolute atomic E-state index is 0.639. The fraction of sp³-hybridized carbons (Fsp3) is 0.312. The molecule has 100 valence electrons. The van der Waals surface area contributed by atoms with Crippen LogP contribution >= 0.6 is 0 Å². The lowest BCUT2D eigenvalue weighted by molar-refractivity contribution is 0.461. The monoisotopic (exact) mass is 256 g/mol. The summed E-state index contributed by atoms with van der Waals surface area (Å²) in [5.41, 5.74) is 2.48. The Hall–Kier alpha value is -1.87. The zero-order valence-electron chi connectivity index (χ0n) is 11.5. The second-order valence-electron chi connectivity index (χ2n) is 4.38. The van der Waals surface area contributed by atoms with Crippen LogP contribution < -0.4 is 10.1 Å². The highest BCUT2D eigenvalue weighted by Crippen LogP contribution is 2.20. The Labute approximate surface area is 114 Å². The molecule has 0 aliphatic carbocycles. The molecule has 3 nitrogen and oxygen atoms in total. The molecule has 1 aromatic heterocycles. The summed E-state index contributed by atoms with van der Waals surface area (Å²) in [4.78, 5) is 4.24. The number of nitrogens with zero attached hydrogens (tertiary/aromatic N) is 1. The van der Waals surface area contributed by atoms with Gasteiger partial charge in [0.25, 0.3) is 0 Å². The van der Waals surface area contributed by atoms with E-state index < -0.39 is 0 Å². The van der Waals surface area contributed by atoms with Gasteiger partial charge in [0.15, 0.2) is 0 Å². The average molecular weight is 256 g/mol. The first kappa shape index (κ1) is 13.6. The third-order valence-corrected chi connectivity index (χ3v) is 2.93. The largest absolute Gasteiger partial charge is 0.439 e. The van der Waals surface area contributed by atoms with Crippen LogP contribution in [0.1, 0.15) is 25.0 Å². The SMILES string of the molecule is CCNCc1ccnc(Oc2ccc(CC)cc2)c1. The molecule has 1 N–H and O–H groups in total. The number of aromatic nitrogens is 1. The molecule has 0 aliphatic heterocycles. The number of benzene rings is 1. The molecule has 0 bridgehead atoms. The molecular formula is C16H20N2O. The van der Waals surface area contributed by atoms with Crippen LogP contribution in [0.25, 0.3) is 0 Å². The van der Waals surface area contributed by atoms with Gasteiger partial charge in [0.2, 0.25) is 5.88 Å². The third kappa shape index (κ3) is 4.07. The number of pyridine rings is 1. The maximum atomic E-state index is 5.76. The van der Waals surface area contributed by atoms with Crippen molar-refractivity contribution in [2.24, 2.45) is 0 Å². The fourth-order valence-electron chi connectivity index (χ4n) is 1.80. The number of rotatable bonds is 6. The normalized spacial score (nSPS) is 10.4. The summed E-state index contributed by atoms with van der Waals surface area (Å²) in [5.74, 6) is 1.46. The summed E-state index contributed by atoms with van der Waals surface area (Å²) in [6.45, 7) is 6.02. The Bertz CT molecular complexity index is 508. The Kier molecular flexibility index (Phi) is 4.93. The summed E-state index contributed by atoms with van der Waals surface area (Å²) in [6.07, 6.45) is 2.82. The Morgan fingerprint density at radius 1 is 1.05 bits per heavy atom. The molecule has 0 radical (unpaired) electrons. The summed E-state index contributed by atoms with van der Waals surface area (Å²) in [5, 5.41) is 3.29. The summed E-state index contributed by atoms with van der Waals surface area (Å²) in [7, 11) is 0. The van der Waals surface area contributed by atoms with Crippen LogP contribution in [-0.2, 0) is 13.0 Å². The first-order valence-electron chi connectivity index (χ1n) is 6.74. The molecule has 1 aromatic carbocycles. The summed E-state index contributed by atoms with van der Waals surface area (Å²) < 4.78 is 5.76. The molecule has 0 amide bonds. The third-order valence-electron chi connectivity index (χ3n) is 2.93. The molecule has 0 unspecified atom stereocenters. The van der Waals surface area contributed by atoms with E-state index in [2.05, 4.69) is 36.3 Å².